The van der Waals surface area contributed by atoms with Crippen molar-refractivity contribution < 1.29 is 13.2 Å². The second-order valence-electron chi connectivity index (χ2n) is 6.82. The molecule has 1 heterocycles. The van der Waals surface area contributed by atoms with Crippen LogP contribution < -0.4 is 5.73 Å². The van der Waals surface area contributed by atoms with Crippen LogP contribution in [-0.2, 0) is 14.6 Å². The lowest BCUT2D eigenvalue weighted by molar-refractivity contribution is -0.161. The summed E-state index contributed by atoms with van der Waals surface area (Å²) in [4.78, 5) is 2.04. The average molecular weight is 290 g/mol. The molecule has 3 unspecified atom stereocenters. The molecule has 0 spiro atoms. The molecular weight excluding hydrogens is 264 g/mol. The molecule has 1 aliphatic heterocycles. The highest BCUT2D eigenvalue weighted by Gasteiger charge is 2.67. The molecular formula is C13H26N2O3S. The fourth-order valence-corrected chi connectivity index (χ4v) is 4.29. The molecule has 0 aromatic rings. The Hall–Kier alpha value is -0.170. The molecule has 0 amide bonds. The third kappa shape index (κ3) is 2.55. The van der Waals surface area contributed by atoms with Crippen molar-refractivity contribution in [3.63, 3.8) is 0 Å². The van der Waals surface area contributed by atoms with Crippen LogP contribution in [0.3, 0.4) is 0 Å². The quantitative estimate of drug-likeness (QED) is 0.778. The van der Waals surface area contributed by atoms with E-state index >= 15 is 0 Å². The molecule has 1 aliphatic carbocycles. The SMILES string of the molecule is CN(CCS(C)(=O)=O)CC1(N)C2CCOC2C1(C)C. The van der Waals surface area contributed by atoms with E-state index in [9.17, 15) is 8.42 Å². The number of hydrogen-bond donors (Lipinski definition) is 1. The number of likely N-dealkylation sites (N-methyl/N-ethyl adjacent to an activating group) is 1. The van der Waals surface area contributed by atoms with Crippen molar-refractivity contribution in [2.75, 3.05) is 38.8 Å². The topological polar surface area (TPSA) is 72.6 Å². The first-order valence-corrected chi connectivity index (χ1v) is 8.91. The van der Waals surface area contributed by atoms with E-state index in [-0.39, 0.29) is 22.8 Å². The van der Waals surface area contributed by atoms with Gasteiger partial charge in [0.15, 0.2) is 0 Å². The Morgan fingerprint density at radius 2 is 2.05 bits per heavy atom. The van der Waals surface area contributed by atoms with Crippen molar-refractivity contribution >= 4 is 9.84 Å². The predicted octanol–water partition coefficient (Wildman–Crippen LogP) is 0.105. The third-order valence-corrected chi connectivity index (χ3v) is 5.96. The Balaban J connectivity index is 1.98. The van der Waals surface area contributed by atoms with Crippen LogP contribution in [0.2, 0.25) is 0 Å². The van der Waals surface area contributed by atoms with Gasteiger partial charge in [0.1, 0.15) is 9.84 Å². The highest BCUT2D eigenvalue weighted by molar-refractivity contribution is 7.90. The van der Waals surface area contributed by atoms with E-state index < -0.39 is 9.84 Å². The zero-order valence-corrected chi connectivity index (χ0v) is 13.2. The molecule has 2 aliphatic rings. The molecule has 0 aromatic carbocycles. The number of sulfone groups is 1. The second-order valence-corrected chi connectivity index (χ2v) is 9.08. The Kier molecular flexibility index (Phi) is 3.75. The van der Waals surface area contributed by atoms with Crippen molar-refractivity contribution in [3.8, 4) is 0 Å². The predicted molar refractivity (Wildman–Crippen MR) is 75.8 cm³/mol. The van der Waals surface area contributed by atoms with Crippen molar-refractivity contribution in [1.29, 1.82) is 0 Å². The molecule has 0 aromatic heterocycles. The maximum absolute atomic E-state index is 11.2. The van der Waals surface area contributed by atoms with Crippen molar-refractivity contribution in [2.24, 2.45) is 17.1 Å². The van der Waals surface area contributed by atoms with Crippen LogP contribution in [0.1, 0.15) is 20.3 Å². The maximum Gasteiger partial charge on any atom is 0.148 e. The number of ether oxygens (including phenoxy) is 1. The molecule has 2 rings (SSSR count). The van der Waals surface area contributed by atoms with E-state index in [0.29, 0.717) is 12.5 Å². The van der Waals surface area contributed by atoms with Gasteiger partial charge in [0.25, 0.3) is 0 Å². The highest BCUT2D eigenvalue weighted by Crippen LogP contribution is 2.58. The van der Waals surface area contributed by atoms with E-state index in [2.05, 4.69) is 13.8 Å². The van der Waals surface area contributed by atoms with Crippen LogP contribution in [0.15, 0.2) is 0 Å². The highest BCUT2D eigenvalue weighted by atomic mass is 32.2. The molecule has 2 fully saturated rings. The van der Waals surface area contributed by atoms with Crippen molar-refractivity contribution in [2.45, 2.75) is 31.9 Å². The van der Waals surface area contributed by atoms with Gasteiger partial charge in [0, 0.05) is 42.8 Å². The summed E-state index contributed by atoms with van der Waals surface area (Å²) in [5.74, 6) is 0.591. The van der Waals surface area contributed by atoms with Crippen molar-refractivity contribution in [1.82, 2.24) is 4.90 Å². The zero-order valence-electron chi connectivity index (χ0n) is 12.3. The molecule has 2 N–H and O–H groups in total. The summed E-state index contributed by atoms with van der Waals surface area (Å²) in [6, 6.07) is 0. The summed E-state index contributed by atoms with van der Waals surface area (Å²) in [6.07, 6.45) is 2.55. The van der Waals surface area contributed by atoms with Crippen LogP contribution in [0, 0.1) is 11.3 Å². The summed E-state index contributed by atoms with van der Waals surface area (Å²) in [5.41, 5.74) is 6.31. The second kappa shape index (κ2) is 4.69. The minimum absolute atomic E-state index is 0.0481. The minimum atomic E-state index is -2.92. The number of rotatable bonds is 5. The van der Waals surface area contributed by atoms with Gasteiger partial charge in [-0.15, -0.1) is 0 Å². The maximum atomic E-state index is 11.2. The smallest absolute Gasteiger partial charge is 0.148 e. The summed E-state index contributed by atoms with van der Waals surface area (Å²) in [5, 5.41) is 0. The molecule has 0 bridgehead atoms. The lowest BCUT2D eigenvalue weighted by atomic mass is 9.48. The van der Waals surface area contributed by atoms with Gasteiger partial charge in [0.2, 0.25) is 0 Å². The van der Waals surface area contributed by atoms with Gasteiger partial charge in [-0.2, -0.15) is 0 Å². The van der Waals surface area contributed by atoms with Crippen LogP contribution in [0.5, 0.6) is 0 Å². The standard InChI is InChI=1S/C13H26N2O3S/c1-12(2)11-10(5-7-18-11)13(12,14)9-15(3)6-8-19(4,16)17/h10-11H,5-9,14H2,1-4H3. The van der Waals surface area contributed by atoms with Gasteiger partial charge in [-0.25, -0.2) is 8.42 Å². The number of fused-ring (bicyclic) bond motifs is 1. The largest absolute Gasteiger partial charge is 0.377 e. The van der Waals surface area contributed by atoms with E-state index in [0.717, 1.165) is 19.6 Å². The van der Waals surface area contributed by atoms with Gasteiger partial charge >= 0.3 is 0 Å². The summed E-state index contributed by atoms with van der Waals surface area (Å²) < 4.78 is 28.2. The lowest BCUT2D eigenvalue weighted by Crippen LogP contribution is -2.78. The van der Waals surface area contributed by atoms with E-state index in [1.54, 1.807) is 0 Å². The Morgan fingerprint density at radius 3 is 2.63 bits per heavy atom. The number of nitrogens with zero attached hydrogens (tertiary/aromatic N) is 1. The fourth-order valence-electron chi connectivity index (χ4n) is 3.64. The van der Waals surface area contributed by atoms with E-state index in [4.69, 9.17) is 10.5 Å². The molecule has 3 atom stereocenters. The molecule has 112 valence electrons. The molecule has 0 radical (unpaired) electrons. The van der Waals surface area contributed by atoms with Crippen LogP contribution in [0.4, 0.5) is 0 Å². The molecule has 19 heavy (non-hydrogen) atoms. The molecule has 6 heteroatoms. The Morgan fingerprint density at radius 1 is 1.42 bits per heavy atom. The number of nitrogens with two attached hydrogens (primary N) is 1. The normalized spacial score (nSPS) is 37.2. The number of hydrogen-bond acceptors (Lipinski definition) is 5. The molecule has 5 nitrogen and oxygen atoms in total. The Labute approximate surface area is 116 Å². The van der Waals surface area contributed by atoms with Gasteiger partial charge in [-0.1, -0.05) is 13.8 Å². The third-order valence-electron chi connectivity index (χ3n) is 5.04. The van der Waals surface area contributed by atoms with Gasteiger partial charge in [-0.05, 0) is 13.5 Å². The first-order valence-electron chi connectivity index (χ1n) is 6.85. The van der Waals surface area contributed by atoms with Crippen LogP contribution in [0.25, 0.3) is 0 Å². The van der Waals surface area contributed by atoms with E-state index in [1.165, 1.54) is 6.26 Å². The van der Waals surface area contributed by atoms with Gasteiger partial charge in [-0.3, -0.25) is 0 Å². The van der Waals surface area contributed by atoms with E-state index in [1.807, 2.05) is 11.9 Å². The van der Waals surface area contributed by atoms with Gasteiger partial charge in [0.05, 0.1) is 11.9 Å². The molecule has 1 saturated heterocycles. The van der Waals surface area contributed by atoms with Gasteiger partial charge < -0.3 is 15.4 Å². The minimum Gasteiger partial charge on any atom is -0.377 e. The average Bonchev–Trinajstić information content (AvgIpc) is 2.73. The molecule has 1 saturated carbocycles. The fraction of sp³-hybridized carbons (Fsp3) is 1.00. The summed E-state index contributed by atoms with van der Waals surface area (Å²) >= 11 is 0. The summed E-state index contributed by atoms with van der Waals surface area (Å²) in [7, 11) is -0.973. The lowest BCUT2D eigenvalue weighted by Gasteiger charge is -2.63. The van der Waals surface area contributed by atoms with Crippen molar-refractivity contribution in [3.05, 3.63) is 0 Å². The van der Waals surface area contributed by atoms with Crippen LogP contribution >= 0.6 is 0 Å². The zero-order chi connectivity index (χ0) is 14.5. The summed E-state index contributed by atoms with van der Waals surface area (Å²) in [6.45, 7) is 6.37. The monoisotopic (exact) mass is 290 g/mol. The Bertz CT molecular complexity index is 449. The first kappa shape index (κ1) is 15.2. The van der Waals surface area contributed by atoms with Crippen LogP contribution in [-0.4, -0.2) is 63.7 Å². The first-order chi connectivity index (χ1) is 8.58.